The zero-order valence-corrected chi connectivity index (χ0v) is 14.0. The minimum Gasteiger partial charge on any atom is -0.397 e. The lowest BCUT2D eigenvalue weighted by molar-refractivity contribution is 0.103. The number of nitrogens with zero attached hydrogens (tertiary/aromatic N) is 1. The number of ketones is 1. The summed E-state index contributed by atoms with van der Waals surface area (Å²) in [6.07, 6.45) is 2.37. The van der Waals surface area contributed by atoms with Crippen molar-refractivity contribution in [2.45, 2.75) is 19.8 Å². The third kappa shape index (κ3) is 3.50. The molecular formula is C19H21ClN2O. The average Bonchev–Trinajstić information content (AvgIpc) is 2.56. The lowest BCUT2D eigenvalue weighted by Gasteiger charge is -2.33. The molecule has 0 amide bonds. The SMILES string of the molecule is CC1CCN(c2ccc(C(=O)c3ccc(Cl)cc3)cc2N)CC1. The molecule has 1 fully saturated rings. The molecule has 0 aromatic heterocycles. The first-order valence-corrected chi connectivity index (χ1v) is 8.37. The fourth-order valence-electron chi connectivity index (χ4n) is 3.00. The highest BCUT2D eigenvalue weighted by Crippen LogP contribution is 2.29. The zero-order valence-electron chi connectivity index (χ0n) is 13.3. The summed E-state index contributed by atoms with van der Waals surface area (Å²) in [6, 6.07) is 12.5. The second-order valence-electron chi connectivity index (χ2n) is 6.28. The van der Waals surface area contributed by atoms with Gasteiger partial charge in [-0.15, -0.1) is 0 Å². The summed E-state index contributed by atoms with van der Waals surface area (Å²) in [7, 11) is 0. The molecule has 0 aliphatic carbocycles. The Kier molecular flexibility index (Phi) is 4.58. The van der Waals surface area contributed by atoms with Crippen LogP contribution < -0.4 is 10.6 Å². The van der Waals surface area contributed by atoms with E-state index in [2.05, 4.69) is 11.8 Å². The molecular weight excluding hydrogens is 308 g/mol. The molecule has 4 heteroatoms. The van der Waals surface area contributed by atoms with Gasteiger partial charge < -0.3 is 10.6 Å². The van der Waals surface area contributed by atoms with Crippen molar-refractivity contribution in [3.05, 3.63) is 58.6 Å². The van der Waals surface area contributed by atoms with E-state index in [-0.39, 0.29) is 5.78 Å². The summed E-state index contributed by atoms with van der Waals surface area (Å²) in [5.74, 6) is 0.741. The summed E-state index contributed by atoms with van der Waals surface area (Å²) in [6.45, 7) is 4.33. The summed E-state index contributed by atoms with van der Waals surface area (Å²) >= 11 is 5.87. The Morgan fingerprint density at radius 2 is 1.70 bits per heavy atom. The zero-order chi connectivity index (χ0) is 16.4. The molecule has 0 radical (unpaired) electrons. The van der Waals surface area contributed by atoms with Crippen LogP contribution >= 0.6 is 11.6 Å². The molecule has 2 aromatic carbocycles. The van der Waals surface area contributed by atoms with Crippen LogP contribution in [0.5, 0.6) is 0 Å². The number of piperidine rings is 1. The van der Waals surface area contributed by atoms with Crippen LogP contribution in [0.2, 0.25) is 5.02 Å². The molecule has 1 heterocycles. The van der Waals surface area contributed by atoms with Crippen molar-refractivity contribution in [1.82, 2.24) is 0 Å². The second kappa shape index (κ2) is 6.63. The third-order valence-electron chi connectivity index (χ3n) is 4.52. The molecule has 0 atom stereocenters. The molecule has 1 aliphatic rings. The van der Waals surface area contributed by atoms with Gasteiger partial charge in [0.1, 0.15) is 0 Å². The van der Waals surface area contributed by atoms with Gasteiger partial charge in [-0.3, -0.25) is 4.79 Å². The van der Waals surface area contributed by atoms with Crippen LogP contribution in [-0.2, 0) is 0 Å². The van der Waals surface area contributed by atoms with E-state index in [0.717, 1.165) is 24.7 Å². The Balaban J connectivity index is 1.81. The van der Waals surface area contributed by atoms with Gasteiger partial charge >= 0.3 is 0 Å². The Labute approximate surface area is 142 Å². The number of rotatable bonds is 3. The first-order valence-electron chi connectivity index (χ1n) is 7.99. The maximum Gasteiger partial charge on any atom is 0.193 e. The molecule has 0 saturated carbocycles. The van der Waals surface area contributed by atoms with E-state index in [1.165, 1.54) is 12.8 Å². The molecule has 120 valence electrons. The van der Waals surface area contributed by atoms with E-state index in [4.69, 9.17) is 17.3 Å². The van der Waals surface area contributed by atoms with Gasteiger partial charge in [-0.05, 0) is 61.2 Å². The fourth-order valence-corrected chi connectivity index (χ4v) is 3.13. The van der Waals surface area contributed by atoms with Crippen LogP contribution in [0.1, 0.15) is 35.7 Å². The van der Waals surface area contributed by atoms with Gasteiger partial charge in [-0.25, -0.2) is 0 Å². The van der Waals surface area contributed by atoms with Crippen LogP contribution in [-0.4, -0.2) is 18.9 Å². The van der Waals surface area contributed by atoms with Gasteiger partial charge in [0.2, 0.25) is 0 Å². The van der Waals surface area contributed by atoms with Gasteiger partial charge in [0.25, 0.3) is 0 Å². The number of nitrogens with two attached hydrogens (primary N) is 1. The number of benzene rings is 2. The first kappa shape index (κ1) is 15.9. The molecule has 1 aliphatic heterocycles. The van der Waals surface area contributed by atoms with Crippen molar-refractivity contribution in [2.24, 2.45) is 5.92 Å². The third-order valence-corrected chi connectivity index (χ3v) is 4.77. The fraction of sp³-hybridized carbons (Fsp3) is 0.316. The normalized spacial score (nSPS) is 15.7. The van der Waals surface area contributed by atoms with Crippen molar-refractivity contribution < 1.29 is 4.79 Å². The average molecular weight is 329 g/mol. The van der Waals surface area contributed by atoms with Crippen molar-refractivity contribution in [3.8, 4) is 0 Å². The Hall–Kier alpha value is -2.00. The van der Waals surface area contributed by atoms with Crippen molar-refractivity contribution in [1.29, 1.82) is 0 Å². The minimum absolute atomic E-state index is 0.0350. The lowest BCUT2D eigenvalue weighted by atomic mass is 9.97. The molecule has 2 N–H and O–H groups in total. The number of hydrogen-bond donors (Lipinski definition) is 1. The smallest absolute Gasteiger partial charge is 0.193 e. The molecule has 0 spiro atoms. The predicted octanol–water partition coefficient (Wildman–Crippen LogP) is 4.39. The molecule has 3 rings (SSSR count). The van der Waals surface area contributed by atoms with Gasteiger partial charge in [0, 0.05) is 29.2 Å². The maximum absolute atomic E-state index is 12.5. The van der Waals surface area contributed by atoms with Gasteiger partial charge in [0.05, 0.1) is 11.4 Å². The van der Waals surface area contributed by atoms with Crippen molar-refractivity contribution >= 4 is 28.8 Å². The number of nitrogen functional groups attached to an aromatic ring is 1. The van der Waals surface area contributed by atoms with E-state index >= 15 is 0 Å². The first-order chi connectivity index (χ1) is 11.0. The monoisotopic (exact) mass is 328 g/mol. The van der Waals surface area contributed by atoms with Crippen LogP contribution in [0.4, 0.5) is 11.4 Å². The van der Waals surface area contributed by atoms with E-state index < -0.39 is 0 Å². The van der Waals surface area contributed by atoms with Crippen LogP contribution in [0, 0.1) is 5.92 Å². The molecule has 0 bridgehead atoms. The van der Waals surface area contributed by atoms with Crippen LogP contribution in [0.3, 0.4) is 0 Å². The molecule has 2 aromatic rings. The number of carbonyl (C=O) groups excluding carboxylic acids is 1. The highest BCUT2D eigenvalue weighted by molar-refractivity contribution is 6.30. The summed E-state index contributed by atoms with van der Waals surface area (Å²) < 4.78 is 0. The maximum atomic E-state index is 12.5. The highest BCUT2D eigenvalue weighted by Gasteiger charge is 2.19. The molecule has 0 unspecified atom stereocenters. The van der Waals surface area contributed by atoms with E-state index in [1.807, 2.05) is 12.1 Å². The van der Waals surface area contributed by atoms with Gasteiger partial charge in [0.15, 0.2) is 5.78 Å². The lowest BCUT2D eigenvalue weighted by Crippen LogP contribution is -2.33. The van der Waals surface area contributed by atoms with Gasteiger partial charge in [-0.1, -0.05) is 18.5 Å². The number of halogens is 1. The van der Waals surface area contributed by atoms with Crippen LogP contribution in [0.25, 0.3) is 0 Å². The van der Waals surface area contributed by atoms with Crippen LogP contribution in [0.15, 0.2) is 42.5 Å². The molecule has 1 saturated heterocycles. The molecule has 23 heavy (non-hydrogen) atoms. The summed E-state index contributed by atoms with van der Waals surface area (Å²) in [5.41, 5.74) is 9.14. The van der Waals surface area contributed by atoms with E-state index in [9.17, 15) is 4.79 Å². The second-order valence-corrected chi connectivity index (χ2v) is 6.72. The van der Waals surface area contributed by atoms with E-state index in [1.54, 1.807) is 30.3 Å². The Morgan fingerprint density at radius 1 is 1.09 bits per heavy atom. The van der Waals surface area contributed by atoms with E-state index in [0.29, 0.717) is 21.8 Å². The predicted molar refractivity (Wildman–Crippen MR) is 96.3 cm³/mol. The number of hydrogen-bond acceptors (Lipinski definition) is 3. The quantitative estimate of drug-likeness (QED) is 0.671. The summed E-state index contributed by atoms with van der Waals surface area (Å²) in [4.78, 5) is 14.8. The largest absolute Gasteiger partial charge is 0.397 e. The Bertz CT molecular complexity index is 704. The minimum atomic E-state index is -0.0350. The summed E-state index contributed by atoms with van der Waals surface area (Å²) in [5, 5.41) is 0.621. The highest BCUT2D eigenvalue weighted by atomic mass is 35.5. The topological polar surface area (TPSA) is 46.3 Å². The Morgan fingerprint density at radius 3 is 2.30 bits per heavy atom. The molecule has 3 nitrogen and oxygen atoms in total. The van der Waals surface area contributed by atoms with Crippen molar-refractivity contribution in [3.63, 3.8) is 0 Å². The van der Waals surface area contributed by atoms with Crippen molar-refractivity contribution in [2.75, 3.05) is 23.7 Å². The standard InChI is InChI=1S/C19H21ClN2O/c1-13-8-10-22(11-9-13)18-7-4-15(12-17(18)21)19(23)14-2-5-16(20)6-3-14/h2-7,12-13H,8-11,21H2,1H3. The number of anilines is 2. The number of carbonyl (C=O) groups is 1. The van der Waals surface area contributed by atoms with Gasteiger partial charge in [-0.2, -0.15) is 0 Å².